The number of rotatable bonds is 40. The minimum absolute atomic E-state index is 0.149. The summed E-state index contributed by atoms with van der Waals surface area (Å²) in [7, 11) is 0. The summed E-state index contributed by atoms with van der Waals surface area (Å²) in [6.07, 6.45) is 43.7. The number of carbonyl (C=O) groups is 2. The summed E-state index contributed by atoms with van der Waals surface area (Å²) in [5.41, 5.74) is 0. The van der Waals surface area contributed by atoms with E-state index in [1.807, 2.05) is 0 Å². The van der Waals surface area contributed by atoms with E-state index in [2.05, 4.69) is 66.8 Å². The fourth-order valence-electron chi connectivity index (χ4n) is 6.39. The molecule has 0 saturated heterocycles. The zero-order valence-corrected chi connectivity index (χ0v) is 42.7. The van der Waals surface area contributed by atoms with Gasteiger partial charge in [0.1, 0.15) is 0 Å². The third-order valence-corrected chi connectivity index (χ3v) is 14.6. The van der Waals surface area contributed by atoms with E-state index >= 15 is 0 Å². The molecule has 4 nitrogen and oxygen atoms in total. The van der Waals surface area contributed by atoms with Crippen LogP contribution >= 0.6 is 25.3 Å². The van der Waals surface area contributed by atoms with Crippen molar-refractivity contribution in [3.8, 4) is 0 Å². The Kier molecular flexibility index (Phi) is 59.1. The second-order valence-corrected chi connectivity index (χ2v) is 21.7. The first-order chi connectivity index (χ1) is 26.7. The Bertz CT molecular complexity index is 664. The first-order valence-electron chi connectivity index (χ1n) is 24.0. The van der Waals surface area contributed by atoms with Gasteiger partial charge in [0.05, 0.1) is 24.7 Å². The fraction of sp³-hybridized carbons (Fsp3) is 0.958. The van der Waals surface area contributed by atoms with Gasteiger partial charge in [-0.05, 0) is 24.7 Å². The van der Waals surface area contributed by atoms with Gasteiger partial charge < -0.3 is 9.47 Å². The molecule has 0 amide bonds. The SMILES string of the molecule is CC(C)CCCCCCCCCCCCCCCOC(=O)CS.CC(C)CCCCCCCCCCCCCCCOC(=O)CS.CCC[CH2][Sn][CH2]CCC. The summed E-state index contributed by atoms with van der Waals surface area (Å²) in [4.78, 5) is 21.7. The van der Waals surface area contributed by atoms with Crippen LogP contribution in [0.4, 0.5) is 0 Å². The summed E-state index contributed by atoms with van der Waals surface area (Å²) in [5, 5.41) is 0. The van der Waals surface area contributed by atoms with E-state index in [1.165, 1.54) is 193 Å². The molecule has 2 radical (unpaired) electrons. The van der Waals surface area contributed by atoms with Crippen LogP contribution in [0.15, 0.2) is 0 Å². The van der Waals surface area contributed by atoms with Gasteiger partial charge in [0.15, 0.2) is 0 Å². The molecular formula is C48H98O4S2Sn. The van der Waals surface area contributed by atoms with E-state index in [-0.39, 0.29) is 44.6 Å². The van der Waals surface area contributed by atoms with E-state index in [1.54, 1.807) is 8.87 Å². The molecule has 7 heteroatoms. The van der Waals surface area contributed by atoms with E-state index in [0.717, 1.165) is 24.7 Å². The van der Waals surface area contributed by atoms with Gasteiger partial charge in [-0.2, -0.15) is 25.3 Å². The van der Waals surface area contributed by atoms with Crippen LogP contribution < -0.4 is 0 Å². The standard InChI is InChI=1S/2C20H40O2S.2C4H9.Sn/c2*1-19(2)16-14-12-10-8-6-4-3-5-7-9-11-13-15-17-22-20(21)18-23;2*1-3-4-2;/h2*19,23H,3-18H2,1-2H3;2*1,3-4H2,2H3;. The first kappa shape index (κ1) is 59.7. The van der Waals surface area contributed by atoms with Crippen molar-refractivity contribution in [3.05, 3.63) is 0 Å². The second-order valence-electron chi connectivity index (χ2n) is 16.8. The van der Waals surface area contributed by atoms with Gasteiger partial charge in [-0.25, -0.2) is 0 Å². The number of hydrogen-bond acceptors (Lipinski definition) is 6. The Balaban J connectivity index is -0.000000805. The third kappa shape index (κ3) is 63.8. The van der Waals surface area contributed by atoms with Gasteiger partial charge in [-0.3, -0.25) is 9.59 Å². The number of ether oxygens (including phenoxy) is 2. The van der Waals surface area contributed by atoms with Crippen molar-refractivity contribution >= 4 is 58.3 Å². The van der Waals surface area contributed by atoms with Gasteiger partial charge in [0.2, 0.25) is 0 Å². The van der Waals surface area contributed by atoms with E-state index in [4.69, 9.17) is 9.47 Å². The van der Waals surface area contributed by atoms with E-state index in [0.29, 0.717) is 13.2 Å². The summed E-state index contributed by atoms with van der Waals surface area (Å²) in [6, 6.07) is 0. The molecule has 55 heavy (non-hydrogen) atoms. The van der Waals surface area contributed by atoms with Crippen molar-refractivity contribution in [2.24, 2.45) is 11.8 Å². The maximum atomic E-state index is 10.9. The van der Waals surface area contributed by atoms with Crippen molar-refractivity contribution in [1.29, 1.82) is 0 Å². The van der Waals surface area contributed by atoms with Crippen molar-refractivity contribution in [3.63, 3.8) is 0 Å². The topological polar surface area (TPSA) is 52.6 Å². The van der Waals surface area contributed by atoms with Gasteiger partial charge >= 0.3 is 81.5 Å². The average Bonchev–Trinajstić information content (AvgIpc) is 3.17. The summed E-state index contributed by atoms with van der Waals surface area (Å²) >= 11 is 7.90. The van der Waals surface area contributed by atoms with Crippen LogP contribution in [-0.2, 0) is 19.1 Å². The van der Waals surface area contributed by atoms with Crippen LogP contribution in [0.25, 0.3) is 0 Å². The predicted octanol–water partition coefficient (Wildman–Crippen LogP) is 16.3. The normalized spacial score (nSPS) is 10.9. The van der Waals surface area contributed by atoms with Crippen LogP contribution in [0.3, 0.4) is 0 Å². The number of carbonyl (C=O) groups excluding carboxylic acids is 2. The molecule has 0 bridgehead atoms. The molecule has 330 valence electrons. The van der Waals surface area contributed by atoms with Crippen LogP contribution in [0, 0.1) is 11.8 Å². The maximum absolute atomic E-state index is 10.9. The Morgan fingerprint density at radius 1 is 0.400 bits per heavy atom. The van der Waals surface area contributed by atoms with Crippen molar-refractivity contribution in [2.75, 3.05) is 24.7 Å². The number of unbranched alkanes of at least 4 members (excludes halogenated alkanes) is 26. The summed E-state index contributed by atoms with van der Waals surface area (Å²) < 4.78 is 13.2. The Labute approximate surface area is 367 Å². The van der Waals surface area contributed by atoms with Crippen LogP contribution in [0.1, 0.15) is 247 Å². The number of hydrogen-bond donors (Lipinski definition) is 2. The van der Waals surface area contributed by atoms with Crippen molar-refractivity contribution in [2.45, 2.75) is 256 Å². The average molecular weight is 922 g/mol. The molecule has 0 rings (SSSR count). The fourth-order valence-corrected chi connectivity index (χ4v) is 10.7. The monoisotopic (exact) mass is 923 g/mol. The molecule has 0 atom stereocenters. The zero-order valence-electron chi connectivity index (χ0n) is 38.1. The van der Waals surface area contributed by atoms with Crippen LogP contribution in [0.5, 0.6) is 0 Å². The second kappa shape index (κ2) is 54.4. The molecule has 0 aliphatic heterocycles. The molecule has 0 unspecified atom stereocenters. The van der Waals surface area contributed by atoms with Gasteiger partial charge in [0, 0.05) is 0 Å². The van der Waals surface area contributed by atoms with Crippen LogP contribution in [-0.4, -0.2) is 57.8 Å². The van der Waals surface area contributed by atoms with Crippen LogP contribution in [0.2, 0.25) is 8.87 Å². The molecule has 0 spiro atoms. The predicted molar refractivity (Wildman–Crippen MR) is 254 cm³/mol. The molecule has 0 saturated carbocycles. The molecule has 0 aromatic rings. The van der Waals surface area contributed by atoms with Gasteiger partial charge in [-0.15, -0.1) is 0 Å². The Hall–Kier alpha value is 0.439. The summed E-state index contributed by atoms with van der Waals surface area (Å²) in [6.45, 7) is 15.0. The molecular weight excluding hydrogens is 823 g/mol. The number of thiol groups is 2. The zero-order chi connectivity index (χ0) is 41.3. The Morgan fingerprint density at radius 2 is 0.636 bits per heavy atom. The minimum atomic E-state index is -0.201. The quantitative estimate of drug-likeness (QED) is 0.0278. The molecule has 0 aliphatic carbocycles. The van der Waals surface area contributed by atoms with E-state index < -0.39 is 0 Å². The van der Waals surface area contributed by atoms with Crippen molar-refractivity contribution in [1.82, 2.24) is 0 Å². The third-order valence-electron chi connectivity index (χ3n) is 10.1. The summed E-state index contributed by atoms with van der Waals surface area (Å²) in [5.74, 6) is 1.73. The van der Waals surface area contributed by atoms with Crippen molar-refractivity contribution < 1.29 is 19.1 Å². The van der Waals surface area contributed by atoms with E-state index in [9.17, 15) is 9.59 Å². The molecule has 0 heterocycles. The molecule has 0 aromatic carbocycles. The molecule has 0 aromatic heterocycles. The molecule has 0 N–H and O–H groups in total. The number of esters is 2. The molecule has 0 aliphatic rings. The first-order valence-corrected chi connectivity index (χ1v) is 29.3. The Morgan fingerprint density at radius 3 is 0.855 bits per heavy atom. The molecule has 0 fully saturated rings. The van der Waals surface area contributed by atoms with Gasteiger partial charge in [-0.1, -0.05) is 195 Å². The van der Waals surface area contributed by atoms with Gasteiger partial charge in [0.25, 0.3) is 0 Å².